The summed E-state index contributed by atoms with van der Waals surface area (Å²) in [6.45, 7) is 0. The third kappa shape index (κ3) is 1.50. The highest BCUT2D eigenvalue weighted by molar-refractivity contribution is 9.09. The van der Waals surface area contributed by atoms with Crippen LogP contribution in [-0.2, 0) is 6.42 Å². The lowest BCUT2D eigenvalue weighted by atomic mass is 10.1. The number of hydrogen-bond donors (Lipinski definition) is 0. The van der Waals surface area contributed by atoms with Crippen LogP contribution in [0.2, 0.25) is 0 Å². The number of nitrogens with zero attached hydrogens (tertiary/aromatic N) is 1. The van der Waals surface area contributed by atoms with Crippen molar-refractivity contribution >= 4 is 26.9 Å². The summed E-state index contributed by atoms with van der Waals surface area (Å²) in [5, 5.41) is 5.86. The molecule has 1 aromatic heterocycles. The molecule has 0 saturated heterocycles. The number of aromatic nitrogens is 1. The van der Waals surface area contributed by atoms with Gasteiger partial charge in [-0.3, -0.25) is 0 Å². The van der Waals surface area contributed by atoms with Gasteiger partial charge in [0.2, 0.25) is 0 Å². The van der Waals surface area contributed by atoms with Gasteiger partial charge in [0.05, 0.1) is 18.2 Å². The van der Waals surface area contributed by atoms with Crippen LogP contribution in [0.15, 0.2) is 22.7 Å². The van der Waals surface area contributed by atoms with E-state index >= 15 is 0 Å². The number of rotatable bonds is 3. The topological polar surface area (TPSA) is 35.3 Å². The lowest BCUT2D eigenvalue weighted by Crippen LogP contribution is -1.89. The van der Waals surface area contributed by atoms with Gasteiger partial charge in [-0.05, 0) is 12.1 Å². The summed E-state index contributed by atoms with van der Waals surface area (Å²) >= 11 is 3.38. The Morgan fingerprint density at radius 3 is 3.07 bits per heavy atom. The Kier molecular flexibility index (Phi) is 2.72. The minimum atomic E-state index is 0.778. The van der Waals surface area contributed by atoms with Crippen LogP contribution in [0.25, 0.3) is 11.0 Å². The van der Waals surface area contributed by atoms with Crippen molar-refractivity contribution in [2.24, 2.45) is 0 Å². The van der Waals surface area contributed by atoms with Gasteiger partial charge in [0.15, 0.2) is 5.58 Å². The second-order valence-corrected chi connectivity index (χ2v) is 3.69. The molecule has 1 heterocycles. The number of fused-ring (bicyclic) bond motifs is 1. The maximum atomic E-state index is 5.26. The first-order chi connectivity index (χ1) is 6.86. The Hall–Kier alpha value is -1.03. The van der Waals surface area contributed by atoms with E-state index in [1.807, 2.05) is 18.2 Å². The van der Waals surface area contributed by atoms with Gasteiger partial charge in [0.25, 0.3) is 0 Å². The second-order valence-electron chi connectivity index (χ2n) is 2.90. The number of ether oxygens (including phenoxy) is 1. The minimum absolute atomic E-state index is 0.778. The number of benzene rings is 1. The number of aryl methyl sites for hydroxylation is 1. The summed E-state index contributed by atoms with van der Waals surface area (Å²) in [5.41, 5.74) is 1.72. The molecule has 0 amide bonds. The molecule has 0 bridgehead atoms. The van der Waals surface area contributed by atoms with Gasteiger partial charge in [-0.15, -0.1) is 0 Å². The van der Waals surface area contributed by atoms with Crippen molar-refractivity contribution < 1.29 is 9.26 Å². The lowest BCUT2D eigenvalue weighted by Gasteiger charge is -2.00. The van der Waals surface area contributed by atoms with E-state index < -0.39 is 0 Å². The maximum absolute atomic E-state index is 5.26. The van der Waals surface area contributed by atoms with E-state index in [1.54, 1.807) is 7.11 Å². The van der Waals surface area contributed by atoms with E-state index in [2.05, 4.69) is 21.1 Å². The first-order valence-corrected chi connectivity index (χ1v) is 5.46. The number of halogens is 1. The average molecular weight is 256 g/mol. The van der Waals surface area contributed by atoms with Gasteiger partial charge in [0.1, 0.15) is 5.75 Å². The van der Waals surface area contributed by atoms with E-state index in [1.165, 1.54) is 0 Å². The smallest absolute Gasteiger partial charge is 0.170 e. The third-order valence-corrected chi connectivity index (χ3v) is 2.48. The molecule has 1 aromatic carbocycles. The molecule has 0 unspecified atom stereocenters. The van der Waals surface area contributed by atoms with Crippen LogP contribution in [0.3, 0.4) is 0 Å². The van der Waals surface area contributed by atoms with Crippen molar-refractivity contribution in [1.82, 2.24) is 5.16 Å². The predicted molar refractivity (Wildman–Crippen MR) is 58.1 cm³/mol. The molecule has 0 spiro atoms. The second kappa shape index (κ2) is 4.00. The Balaban J connectivity index is 2.62. The first kappa shape index (κ1) is 9.52. The molecule has 0 N–H and O–H groups in total. The van der Waals surface area contributed by atoms with Crippen molar-refractivity contribution in [1.29, 1.82) is 0 Å². The summed E-state index contributed by atoms with van der Waals surface area (Å²) in [6, 6.07) is 5.70. The fraction of sp³-hybridized carbons (Fsp3) is 0.300. The maximum Gasteiger partial charge on any atom is 0.170 e. The van der Waals surface area contributed by atoms with E-state index in [0.29, 0.717) is 0 Å². The Bertz CT molecular complexity index is 439. The van der Waals surface area contributed by atoms with Crippen molar-refractivity contribution in [3.8, 4) is 5.75 Å². The molecule has 2 rings (SSSR count). The van der Waals surface area contributed by atoms with Gasteiger partial charge < -0.3 is 9.26 Å². The predicted octanol–water partition coefficient (Wildman–Crippen LogP) is 2.77. The minimum Gasteiger partial charge on any atom is -0.496 e. The van der Waals surface area contributed by atoms with Crippen LogP contribution in [0.1, 0.15) is 5.69 Å². The van der Waals surface area contributed by atoms with E-state index in [9.17, 15) is 0 Å². The molecule has 0 atom stereocenters. The van der Waals surface area contributed by atoms with E-state index in [0.717, 1.165) is 34.2 Å². The molecule has 14 heavy (non-hydrogen) atoms. The molecular weight excluding hydrogens is 246 g/mol. The molecular formula is C10H10BrNO2. The Morgan fingerprint density at radius 1 is 1.50 bits per heavy atom. The van der Waals surface area contributed by atoms with Gasteiger partial charge in [-0.1, -0.05) is 27.2 Å². The van der Waals surface area contributed by atoms with Crippen LogP contribution in [0.5, 0.6) is 5.75 Å². The van der Waals surface area contributed by atoms with Gasteiger partial charge in [0, 0.05) is 11.8 Å². The van der Waals surface area contributed by atoms with Gasteiger partial charge >= 0.3 is 0 Å². The summed E-state index contributed by atoms with van der Waals surface area (Å²) in [6.07, 6.45) is 0.841. The van der Waals surface area contributed by atoms with Gasteiger partial charge in [-0.25, -0.2) is 0 Å². The van der Waals surface area contributed by atoms with Crippen molar-refractivity contribution in [2.75, 3.05) is 12.4 Å². The third-order valence-electron chi connectivity index (χ3n) is 2.08. The fourth-order valence-electron chi connectivity index (χ4n) is 1.45. The average Bonchev–Trinajstić information content (AvgIpc) is 2.62. The number of hydrogen-bond acceptors (Lipinski definition) is 3. The molecule has 2 aromatic rings. The Morgan fingerprint density at radius 2 is 2.36 bits per heavy atom. The molecule has 0 aliphatic heterocycles. The summed E-state index contributed by atoms with van der Waals surface area (Å²) in [7, 11) is 1.65. The molecule has 0 aliphatic carbocycles. The summed E-state index contributed by atoms with van der Waals surface area (Å²) in [5.74, 6) is 0.819. The quantitative estimate of drug-likeness (QED) is 0.792. The fourth-order valence-corrected chi connectivity index (χ4v) is 1.83. The van der Waals surface area contributed by atoms with Crippen LogP contribution in [-0.4, -0.2) is 17.6 Å². The normalized spacial score (nSPS) is 10.7. The number of alkyl halides is 1. The standard InChI is InChI=1S/C10H10BrNO2/c1-13-8-3-2-4-9-10(8)7(5-6-11)12-14-9/h2-4H,5-6H2,1H3. The summed E-state index contributed by atoms with van der Waals surface area (Å²) < 4.78 is 10.5. The zero-order chi connectivity index (χ0) is 9.97. The molecule has 0 radical (unpaired) electrons. The first-order valence-electron chi connectivity index (χ1n) is 4.34. The monoisotopic (exact) mass is 255 g/mol. The van der Waals surface area contributed by atoms with Crippen LogP contribution in [0, 0.1) is 0 Å². The zero-order valence-corrected chi connectivity index (χ0v) is 9.37. The van der Waals surface area contributed by atoms with Crippen LogP contribution in [0.4, 0.5) is 0 Å². The molecule has 0 aliphatic rings. The Labute approximate surface area is 90.2 Å². The van der Waals surface area contributed by atoms with Gasteiger partial charge in [-0.2, -0.15) is 0 Å². The van der Waals surface area contributed by atoms with E-state index in [4.69, 9.17) is 9.26 Å². The van der Waals surface area contributed by atoms with Crippen LogP contribution >= 0.6 is 15.9 Å². The molecule has 0 saturated carbocycles. The molecule has 3 nitrogen and oxygen atoms in total. The molecule has 0 fully saturated rings. The van der Waals surface area contributed by atoms with Crippen LogP contribution < -0.4 is 4.74 Å². The lowest BCUT2D eigenvalue weighted by molar-refractivity contribution is 0.419. The highest BCUT2D eigenvalue weighted by Crippen LogP contribution is 2.28. The van der Waals surface area contributed by atoms with Crippen molar-refractivity contribution in [3.63, 3.8) is 0 Å². The molecule has 4 heteroatoms. The van der Waals surface area contributed by atoms with E-state index in [-0.39, 0.29) is 0 Å². The highest BCUT2D eigenvalue weighted by Gasteiger charge is 2.11. The SMILES string of the molecule is COc1cccc2onc(CCBr)c12. The summed E-state index contributed by atoms with van der Waals surface area (Å²) in [4.78, 5) is 0. The zero-order valence-electron chi connectivity index (χ0n) is 7.79. The van der Waals surface area contributed by atoms with Crippen molar-refractivity contribution in [3.05, 3.63) is 23.9 Å². The number of methoxy groups -OCH3 is 1. The molecule has 74 valence electrons. The highest BCUT2D eigenvalue weighted by atomic mass is 79.9. The van der Waals surface area contributed by atoms with Crippen molar-refractivity contribution in [2.45, 2.75) is 6.42 Å². The largest absolute Gasteiger partial charge is 0.496 e.